The molecule has 1 aliphatic carbocycles. The van der Waals surface area contributed by atoms with Gasteiger partial charge < -0.3 is 0 Å². The molecule has 0 spiro atoms. The van der Waals surface area contributed by atoms with Crippen molar-refractivity contribution in [3.63, 3.8) is 0 Å². The predicted octanol–water partition coefficient (Wildman–Crippen LogP) is 3.08. The first-order valence-electron chi connectivity index (χ1n) is 5.92. The zero-order valence-electron chi connectivity index (χ0n) is 10.2. The van der Waals surface area contributed by atoms with E-state index in [1.807, 2.05) is 12.2 Å². The van der Waals surface area contributed by atoms with Crippen molar-refractivity contribution < 1.29 is 9.59 Å². The number of ketones is 2. The largest absolute Gasteiger partial charge is 0.291 e. The van der Waals surface area contributed by atoms with E-state index in [-0.39, 0.29) is 17.5 Å². The van der Waals surface area contributed by atoms with Crippen LogP contribution in [0.2, 0.25) is 0 Å². The van der Waals surface area contributed by atoms with Crippen molar-refractivity contribution >= 4 is 11.6 Å². The van der Waals surface area contributed by atoms with Crippen LogP contribution in [-0.4, -0.2) is 11.6 Å². The lowest BCUT2D eigenvalue weighted by molar-refractivity contribution is -0.137. The highest BCUT2D eigenvalue weighted by molar-refractivity contribution is 6.37. The summed E-state index contributed by atoms with van der Waals surface area (Å²) in [5.41, 5.74) is 1.05. The Labute approximate surface area is 97.4 Å². The van der Waals surface area contributed by atoms with Gasteiger partial charge in [-0.05, 0) is 24.7 Å². The molecule has 0 aliphatic heterocycles. The Morgan fingerprint density at radius 3 is 2.56 bits per heavy atom. The molecule has 0 aromatic carbocycles. The fourth-order valence-electron chi connectivity index (χ4n) is 1.81. The summed E-state index contributed by atoms with van der Waals surface area (Å²) < 4.78 is 0. The van der Waals surface area contributed by atoms with Crippen LogP contribution in [0.4, 0.5) is 0 Å². The molecule has 0 bridgehead atoms. The molecule has 88 valence electrons. The smallest absolute Gasteiger partial charge is 0.198 e. The van der Waals surface area contributed by atoms with Gasteiger partial charge in [-0.1, -0.05) is 38.2 Å². The Hall–Kier alpha value is -1.18. The van der Waals surface area contributed by atoms with Crippen molar-refractivity contribution in [2.75, 3.05) is 0 Å². The molecule has 0 heterocycles. The molecule has 0 aromatic rings. The monoisotopic (exact) mass is 220 g/mol. The van der Waals surface area contributed by atoms with Gasteiger partial charge in [-0.15, -0.1) is 0 Å². The van der Waals surface area contributed by atoms with E-state index in [0.29, 0.717) is 18.8 Å². The lowest BCUT2D eigenvalue weighted by atomic mass is 9.87. The van der Waals surface area contributed by atoms with Crippen LogP contribution in [-0.2, 0) is 9.59 Å². The molecule has 0 amide bonds. The molecule has 1 aliphatic rings. The van der Waals surface area contributed by atoms with E-state index in [9.17, 15) is 9.59 Å². The molecule has 0 saturated carbocycles. The standard InChI is InChI=1S/C14H20O2/c1-10(2)12-8-7-11(3)5-4-6-13(15)14(16)9-12/h7-8,10,12H,3-6,9H2,1-2H3/b8-7+. The minimum Gasteiger partial charge on any atom is -0.291 e. The minimum atomic E-state index is -0.214. The van der Waals surface area contributed by atoms with Crippen molar-refractivity contribution in [3.8, 4) is 0 Å². The van der Waals surface area contributed by atoms with Crippen molar-refractivity contribution in [2.24, 2.45) is 11.8 Å². The first kappa shape index (κ1) is 12.9. The average molecular weight is 220 g/mol. The van der Waals surface area contributed by atoms with Gasteiger partial charge in [0.2, 0.25) is 0 Å². The van der Waals surface area contributed by atoms with Gasteiger partial charge in [0.05, 0.1) is 0 Å². The van der Waals surface area contributed by atoms with Crippen LogP contribution in [0.5, 0.6) is 0 Å². The summed E-state index contributed by atoms with van der Waals surface area (Å²) in [6.45, 7) is 8.08. The molecule has 0 aromatic heterocycles. The Bertz CT molecular complexity index is 324. The molecule has 1 unspecified atom stereocenters. The van der Waals surface area contributed by atoms with Crippen molar-refractivity contribution in [3.05, 3.63) is 24.3 Å². The van der Waals surface area contributed by atoms with E-state index in [0.717, 1.165) is 18.4 Å². The van der Waals surface area contributed by atoms with Gasteiger partial charge in [0.15, 0.2) is 11.6 Å². The number of rotatable bonds is 1. The summed E-state index contributed by atoms with van der Waals surface area (Å²) in [5.74, 6) is 0.108. The maximum Gasteiger partial charge on any atom is 0.198 e. The van der Waals surface area contributed by atoms with Crippen LogP contribution in [0.15, 0.2) is 24.3 Å². The lowest BCUT2D eigenvalue weighted by Crippen LogP contribution is -2.20. The highest BCUT2D eigenvalue weighted by Gasteiger charge is 2.20. The summed E-state index contributed by atoms with van der Waals surface area (Å²) in [6, 6.07) is 0. The third-order valence-electron chi connectivity index (χ3n) is 3.07. The average Bonchev–Trinajstić information content (AvgIpc) is 2.22. The second-order valence-corrected chi connectivity index (χ2v) is 4.83. The van der Waals surface area contributed by atoms with Crippen LogP contribution >= 0.6 is 0 Å². The first-order valence-corrected chi connectivity index (χ1v) is 5.92. The molecule has 0 saturated heterocycles. The van der Waals surface area contributed by atoms with Crippen LogP contribution < -0.4 is 0 Å². The topological polar surface area (TPSA) is 34.1 Å². The highest BCUT2D eigenvalue weighted by Crippen LogP contribution is 2.21. The van der Waals surface area contributed by atoms with Crippen molar-refractivity contribution in [1.82, 2.24) is 0 Å². The van der Waals surface area contributed by atoms with Gasteiger partial charge in [-0.2, -0.15) is 0 Å². The SMILES string of the molecule is C=C1/C=C/C(C(C)C)CC(=O)C(=O)CCC1. The van der Waals surface area contributed by atoms with E-state index in [2.05, 4.69) is 20.4 Å². The fourth-order valence-corrected chi connectivity index (χ4v) is 1.81. The number of hydrogen-bond donors (Lipinski definition) is 0. The summed E-state index contributed by atoms with van der Waals surface area (Å²) >= 11 is 0. The lowest BCUT2D eigenvalue weighted by Gasteiger charge is -2.17. The van der Waals surface area contributed by atoms with Gasteiger partial charge in [0.25, 0.3) is 0 Å². The van der Waals surface area contributed by atoms with E-state index >= 15 is 0 Å². The Morgan fingerprint density at radius 1 is 1.25 bits per heavy atom. The number of carbonyl (C=O) groups excluding carboxylic acids is 2. The second-order valence-electron chi connectivity index (χ2n) is 4.83. The number of carbonyl (C=O) groups is 2. The molecule has 2 heteroatoms. The van der Waals surface area contributed by atoms with Crippen molar-refractivity contribution in [1.29, 1.82) is 0 Å². The molecule has 0 N–H and O–H groups in total. The minimum absolute atomic E-state index is 0.159. The van der Waals surface area contributed by atoms with Crippen molar-refractivity contribution in [2.45, 2.75) is 39.5 Å². The second kappa shape index (κ2) is 5.78. The van der Waals surface area contributed by atoms with E-state index in [1.165, 1.54) is 0 Å². The molecular formula is C14H20O2. The van der Waals surface area contributed by atoms with Gasteiger partial charge >= 0.3 is 0 Å². The Balaban J connectivity index is 2.83. The summed E-state index contributed by atoms with van der Waals surface area (Å²) in [4.78, 5) is 23.1. The Kier molecular flexibility index (Phi) is 4.66. The fraction of sp³-hybridized carbons (Fsp3) is 0.571. The summed E-state index contributed by atoms with van der Waals surface area (Å²) in [7, 11) is 0. The zero-order valence-corrected chi connectivity index (χ0v) is 10.2. The zero-order chi connectivity index (χ0) is 12.1. The molecule has 0 fully saturated rings. The van der Waals surface area contributed by atoms with Crippen LogP contribution in [0.3, 0.4) is 0 Å². The van der Waals surface area contributed by atoms with E-state index < -0.39 is 0 Å². The maximum atomic E-state index is 11.6. The molecule has 16 heavy (non-hydrogen) atoms. The highest BCUT2D eigenvalue weighted by atomic mass is 16.2. The summed E-state index contributed by atoms with van der Waals surface area (Å²) in [5, 5.41) is 0. The Morgan fingerprint density at radius 2 is 1.94 bits per heavy atom. The third kappa shape index (κ3) is 3.76. The predicted molar refractivity (Wildman–Crippen MR) is 65.1 cm³/mol. The van der Waals surface area contributed by atoms with Gasteiger partial charge in [-0.25, -0.2) is 0 Å². The van der Waals surface area contributed by atoms with Crippen LogP contribution in [0.25, 0.3) is 0 Å². The third-order valence-corrected chi connectivity index (χ3v) is 3.07. The number of hydrogen-bond acceptors (Lipinski definition) is 2. The number of Topliss-reactive ketones (excluding diaryl/α,β-unsaturated/α-hetero) is 2. The first-order chi connectivity index (χ1) is 7.50. The van der Waals surface area contributed by atoms with Crippen LogP contribution in [0, 0.1) is 11.8 Å². The number of allylic oxidation sites excluding steroid dienone is 3. The molecule has 1 atom stereocenters. The quantitative estimate of drug-likeness (QED) is 0.636. The molecule has 0 radical (unpaired) electrons. The normalized spacial score (nSPS) is 25.9. The molecule has 1 rings (SSSR count). The van der Waals surface area contributed by atoms with Gasteiger partial charge in [-0.3, -0.25) is 9.59 Å². The van der Waals surface area contributed by atoms with Gasteiger partial charge in [0, 0.05) is 12.8 Å². The van der Waals surface area contributed by atoms with Crippen LogP contribution in [0.1, 0.15) is 39.5 Å². The maximum absolute atomic E-state index is 11.6. The van der Waals surface area contributed by atoms with E-state index in [1.54, 1.807) is 0 Å². The van der Waals surface area contributed by atoms with E-state index in [4.69, 9.17) is 0 Å². The summed E-state index contributed by atoms with van der Waals surface area (Å²) in [6.07, 6.45) is 6.30. The molecular weight excluding hydrogens is 200 g/mol. The molecule has 2 nitrogen and oxygen atoms in total. The van der Waals surface area contributed by atoms with Gasteiger partial charge in [0.1, 0.15) is 0 Å².